The fourth-order valence-corrected chi connectivity index (χ4v) is 5.17. The van der Waals surface area contributed by atoms with Crippen LogP contribution in [0.1, 0.15) is 70.6 Å². The first-order valence-electron chi connectivity index (χ1n) is 13.2. The van der Waals surface area contributed by atoms with Crippen LogP contribution >= 0.6 is 0 Å². The van der Waals surface area contributed by atoms with Gasteiger partial charge in [-0.25, -0.2) is 0 Å². The summed E-state index contributed by atoms with van der Waals surface area (Å²) < 4.78 is 83.3. The van der Waals surface area contributed by atoms with Crippen LogP contribution in [0.4, 0.5) is 0 Å². The Balaban J connectivity index is 1.77. The Bertz CT molecular complexity index is 863. The van der Waals surface area contributed by atoms with Gasteiger partial charge in [-0.15, -0.1) is 0 Å². The summed E-state index contributed by atoms with van der Waals surface area (Å²) in [7, 11) is 0. The Morgan fingerprint density at radius 1 is 1.36 bits per heavy atom. The predicted molar refractivity (Wildman–Crippen MR) is 90.6 cm³/mol. The molecule has 0 aromatic heterocycles. The van der Waals surface area contributed by atoms with Crippen LogP contribution in [0, 0.1) is 5.92 Å². The van der Waals surface area contributed by atoms with Crippen molar-refractivity contribution in [2.45, 2.75) is 69.8 Å². The van der Waals surface area contributed by atoms with E-state index in [-0.39, 0.29) is 23.1 Å². The molecule has 1 aromatic carbocycles. The van der Waals surface area contributed by atoms with E-state index in [2.05, 4.69) is 0 Å². The highest BCUT2D eigenvalue weighted by molar-refractivity contribution is 5.45. The molecule has 2 fully saturated rings. The Labute approximate surface area is 148 Å². The lowest BCUT2D eigenvalue weighted by Gasteiger charge is -2.58. The van der Waals surface area contributed by atoms with E-state index in [0.29, 0.717) is 19.4 Å². The summed E-state index contributed by atoms with van der Waals surface area (Å²) in [5.74, 6) is 0.223. The second-order valence-corrected chi connectivity index (χ2v) is 6.97. The molecule has 0 amide bonds. The molecule has 1 saturated heterocycles. The molecule has 4 rings (SSSR count). The van der Waals surface area contributed by atoms with E-state index in [1.165, 1.54) is 6.07 Å². The number of nitrogens with zero attached hydrogens (tertiary/aromatic N) is 1. The molecule has 2 aliphatic carbocycles. The van der Waals surface area contributed by atoms with Crippen molar-refractivity contribution in [3.63, 3.8) is 0 Å². The van der Waals surface area contributed by atoms with Crippen molar-refractivity contribution in [2.24, 2.45) is 5.92 Å². The third-order valence-corrected chi connectivity index (χ3v) is 6.03. The van der Waals surface area contributed by atoms with Gasteiger partial charge in [0.05, 0.1) is 7.45 Å². The number of rotatable bonds is 2. The number of piperidine rings is 1. The van der Waals surface area contributed by atoms with Crippen LogP contribution in [0.15, 0.2) is 18.2 Å². The maximum Gasteiger partial charge on any atom is 0.119 e. The minimum atomic E-state index is -3.17. The van der Waals surface area contributed by atoms with E-state index in [9.17, 15) is 0 Å². The standard InChI is InChI=1S/C20H29NO/c1-14(2)22-16-8-7-15-12-19-17-6-4-5-9-20(17,18(15)13-16)10-11-21(19)3/h7-8,13-14,17,19H,4-6,9-12H2,1-3H3/t17-,19?,20-/m0/s1/i1D3,2D3,3D3,14D. The third kappa shape index (κ3) is 2.11. The van der Waals surface area contributed by atoms with Crippen molar-refractivity contribution >= 4 is 0 Å². The molecule has 2 nitrogen and oxygen atoms in total. The van der Waals surface area contributed by atoms with Crippen LogP contribution in [-0.2, 0) is 11.8 Å². The Morgan fingerprint density at radius 3 is 3.18 bits per heavy atom. The summed E-state index contributed by atoms with van der Waals surface area (Å²) in [6, 6.07) is 4.92. The summed E-state index contributed by atoms with van der Waals surface area (Å²) in [5.41, 5.74) is 1.76. The first kappa shape index (κ1) is 7.25. The summed E-state index contributed by atoms with van der Waals surface area (Å²) >= 11 is 0. The molecule has 0 spiro atoms. The van der Waals surface area contributed by atoms with E-state index in [1.807, 2.05) is 0 Å². The Morgan fingerprint density at radius 2 is 2.32 bits per heavy atom. The van der Waals surface area contributed by atoms with Gasteiger partial charge in [-0.3, -0.25) is 0 Å². The summed E-state index contributed by atoms with van der Waals surface area (Å²) in [6.07, 6.45) is 2.06. The van der Waals surface area contributed by atoms with Crippen molar-refractivity contribution in [2.75, 3.05) is 13.5 Å². The monoisotopic (exact) mass is 309 g/mol. The number of ether oxygens (including phenoxy) is 1. The van der Waals surface area contributed by atoms with E-state index in [1.54, 1.807) is 17.0 Å². The van der Waals surface area contributed by atoms with Gasteiger partial charge in [0.2, 0.25) is 0 Å². The number of benzene rings is 1. The summed E-state index contributed by atoms with van der Waals surface area (Å²) in [6.45, 7) is -8.04. The lowest BCUT2D eigenvalue weighted by molar-refractivity contribution is 0.00266. The zero-order valence-electron chi connectivity index (χ0n) is 22.7. The van der Waals surface area contributed by atoms with Crippen molar-refractivity contribution in [1.29, 1.82) is 0 Å². The molecule has 1 heterocycles. The molecule has 22 heavy (non-hydrogen) atoms. The minimum absolute atomic E-state index is 0.0569. The average molecular weight is 310 g/mol. The van der Waals surface area contributed by atoms with Crippen molar-refractivity contribution in [3.8, 4) is 5.75 Å². The highest BCUT2D eigenvalue weighted by Crippen LogP contribution is 2.55. The zero-order valence-corrected chi connectivity index (χ0v) is 12.7. The molecule has 0 radical (unpaired) electrons. The van der Waals surface area contributed by atoms with Gasteiger partial charge in [0.1, 0.15) is 5.75 Å². The van der Waals surface area contributed by atoms with E-state index >= 15 is 0 Å². The summed E-state index contributed by atoms with van der Waals surface area (Å²) in [4.78, 5) is 1.66. The van der Waals surface area contributed by atoms with Crippen LogP contribution in [0.5, 0.6) is 5.75 Å². The number of fused-ring (bicyclic) bond motifs is 1. The minimum Gasteiger partial charge on any atom is -0.491 e. The first-order chi connectivity index (χ1) is 14.6. The molecule has 120 valence electrons. The van der Waals surface area contributed by atoms with Crippen LogP contribution in [0.2, 0.25) is 0 Å². The van der Waals surface area contributed by atoms with Gasteiger partial charge in [-0.1, -0.05) is 18.9 Å². The number of hydrogen-bond acceptors (Lipinski definition) is 2. The quantitative estimate of drug-likeness (QED) is 0.813. The molecular weight excluding hydrogens is 270 g/mol. The normalized spacial score (nSPS) is 43.1. The lowest BCUT2D eigenvalue weighted by atomic mass is 9.52. The zero-order chi connectivity index (χ0) is 23.7. The Kier molecular flexibility index (Phi) is 1.74. The first-order valence-corrected chi connectivity index (χ1v) is 8.19. The average Bonchev–Trinajstić information content (AvgIpc) is 2.65. The smallest absolute Gasteiger partial charge is 0.119 e. The molecule has 1 saturated carbocycles. The highest BCUT2D eigenvalue weighted by Gasteiger charge is 2.53. The van der Waals surface area contributed by atoms with Crippen LogP contribution in [0.25, 0.3) is 0 Å². The van der Waals surface area contributed by atoms with Crippen LogP contribution in [0.3, 0.4) is 0 Å². The number of likely N-dealkylation sites (N-methyl/N-ethyl adjacent to an activating group) is 1. The fraction of sp³-hybridized carbons (Fsp3) is 0.700. The van der Waals surface area contributed by atoms with Crippen LogP contribution < -0.4 is 4.74 Å². The van der Waals surface area contributed by atoms with Gasteiger partial charge in [-0.2, -0.15) is 0 Å². The fourth-order valence-electron chi connectivity index (χ4n) is 5.17. The van der Waals surface area contributed by atoms with Gasteiger partial charge in [0.25, 0.3) is 0 Å². The molecule has 1 aliphatic heterocycles. The molecule has 1 unspecified atom stereocenters. The Hall–Kier alpha value is -1.02. The lowest BCUT2D eigenvalue weighted by Crippen LogP contribution is -2.59. The van der Waals surface area contributed by atoms with Gasteiger partial charge >= 0.3 is 0 Å². The number of hydrogen-bond donors (Lipinski definition) is 0. The molecule has 2 heteroatoms. The molecule has 3 aliphatic rings. The van der Waals surface area contributed by atoms with Crippen molar-refractivity contribution < 1.29 is 18.4 Å². The number of likely N-dealkylation sites (tertiary alicyclic amines) is 1. The SMILES string of the molecule is [2H]C([2H])([2H])N1CC[C@@]23CCCC[C@H]2C1Cc1ccc(OC([2H])(C([2H])([2H])[2H])C([2H])([2H])[2H])cc13. The van der Waals surface area contributed by atoms with Crippen LogP contribution in [-0.4, -0.2) is 30.5 Å². The molecule has 1 aromatic rings. The van der Waals surface area contributed by atoms with Crippen molar-refractivity contribution in [3.05, 3.63) is 29.3 Å². The molecule has 0 N–H and O–H groups in total. The second-order valence-electron chi connectivity index (χ2n) is 6.97. The maximum absolute atomic E-state index is 8.20. The molecule has 3 atom stereocenters. The second kappa shape index (κ2) is 5.26. The highest BCUT2D eigenvalue weighted by atomic mass is 16.5. The van der Waals surface area contributed by atoms with Gasteiger partial charge in [-0.05, 0) is 82.1 Å². The largest absolute Gasteiger partial charge is 0.491 e. The molecule has 2 bridgehead atoms. The van der Waals surface area contributed by atoms with Gasteiger partial charge in [0.15, 0.2) is 0 Å². The maximum atomic E-state index is 8.20. The van der Waals surface area contributed by atoms with E-state index in [4.69, 9.17) is 18.4 Å². The third-order valence-electron chi connectivity index (χ3n) is 6.03. The van der Waals surface area contributed by atoms with Gasteiger partial charge in [0, 0.05) is 23.8 Å². The van der Waals surface area contributed by atoms with E-state index in [0.717, 1.165) is 36.8 Å². The molecular formula is C20H29NO. The predicted octanol–water partition coefficient (Wildman–Crippen LogP) is 4.16. The van der Waals surface area contributed by atoms with E-state index < -0.39 is 26.8 Å². The topological polar surface area (TPSA) is 12.5 Å². The van der Waals surface area contributed by atoms with Gasteiger partial charge < -0.3 is 9.64 Å². The summed E-state index contributed by atoms with van der Waals surface area (Å²) in [5, 5.41) is 0. The van der Waals surface area contributed by atoms with Crippen molar-refractivity contribution in [1.82, 2.24) is 4.90 Å².